The Balaban J connectivity index is 0.00000300. The smallest absolute Gasteiger partial charge is 0.188 e. The molecule has 1 aliphatic heterocycles. The first-order valence-corrected chi connectivity index (χ1v) is 9.68. The molecule has 0 amide bonds. The van der Waals surface area contributed by atoms with Gasteiger partial charge >= 0.3 is 0 Å². The maximum absolute atomic E-state index is 9.25. The largest absolute Gasteiger partial charge is 0.379 e. The predicted octanol–water partition coefficient (Wildman–Crippen LogP) is 2.97. The van der Waals surface area contributed by atoms with Crippen molar-refractivity contribution in [3.63, 3.8) is 0 Å². The van der Waals surface area contributed by atoms with Gasteiger partial charge in [-0.1, -0.05) is 42.5 Å². The highest BCUT2D eigenvalue weighted by atomic mass is 127. The number of nitrogens with one attached hydrogen (secondary N) is 1. The van der Waals surface area contributed by atoms with Crippen molar-refractivity contribution in [2.75, 3.05) is 39.4 Å². The van der Waals surface area contributed by atoms with Gasteiger partial charge in [0.25, 0.3) is 0 Å². The molecule has 0 atom stereocenters. The Morgan fingerprint density at radius 1 is 1.14 bits per heavy atom. The summed E-state index contributed by atoms with van der Waals surface area (Å²) in [6.45, 7) is 6.08. The van der Waals surface area contributed by atoms with Gasteiger partial charge in [-0.2, -0.15) is 5.26 Å². The molecule has 2 aromatic carbocycles. The Hall–Kier alpha value is -2.15. The Morgan fingerprint density at radius 2 is 1.86 bits per heavy atom. The molecule has 7 heteroatoms. The van der Waals surface area contributed by atoms with E-state index in [0.717, 1.165) is 62.5 Å². The fourth-order valence-corrected chi connectivity index (χ4v) is 3.20. The van der Waals surface area contributed by atoms with Crippen LogP contribution in [0.5, 0.6) is 0 Å². The van der Waals surface area contributed by atoms with Crippen molar-refractivity contribution in [3.8, 4) is 17.2 Å². The van der Waals surface area contributed by atoms with E-state index in [2.05, 4.69) is 21.3 Å². The molecule has 1 saturated heterocycles. The molecule has 154 valence electrons. The summed E-state index contributed by atoms with van der Waals surface area (Å²) in [7, 11) is 0. The van der Waals surface area contributed by atoms with Crippen LogP contribution in [0.25, 0.3) is 11.1 Å². The zero-order valence-electron chi connectivity index (χ0n) is 16.5. The monoisotopic (exact) mass is 505 g/mol. The lowest BCUT2D eigenvalue weighted by Crippen LogP contribution is -2.39. The molecule has 0 saturated carbocycles. The molecule has 6 nitrogen and oxygen atoms in total. The first-order valence-electron chi connectivity index (χ1n) is 9.68. The van der Waals surface area contributed by atoms with Crippen molar-refractivity contribution in [2.24, 2.45) is 10.7 Å². The third-order valence-corrected chi connectivity index (χ3v) is 4.81. The Kier molecular flexibility index (Phi) is 9.91. The number of benzene rings is 2. The SMILES string of the molecule is I.N#Cc1ccccc1-c1ccc(CN=C(N)NCCCN2CCOCC2)cc1. The van der Waals surface area contributed by atoms with Crippen LogP contribution in [-0.2, 0) is 11.3 Å². The Bertz CT molecular complexity index is 826. The molecule has 0 unspecified atom stereocenters. The molecule has 3 rings (SSSR count). The van der Waals surface area contributed by atoms with Gasteiger partial charge in [0.1, 0.15) is 0 Å². The summed E-state index contributed by atoms with van der Waals surface area (Å²) in [4.78, 5) is 6.82. The molecule has 0 aromatic heterocycles. The highest BCUT2D eigenvalue weighted by Crippen LogP contribution is 2.23. The zero-order valence-corrected chi connectivity index (χ0v) is 18.8. The van der Waals surface area contributed by atoms with Gasteiger partial charge in [-0.25, -0.2) is 4.99 Å². The van der Waals surface area contributed by atoms with Crippen LogP contribution < -0.4 is 11.1 Å². The van der Waals surface area contributed by atoms with Gasteiger partial charge in [-0.05, 0) is 35.7 Å². The lowest BCUT2D eigenvalue weighted by Gasteiger charge is -2.26. The number of guanidine groups is 1. The van der Waals surface area contributed by atoms with Crippen LogP contribution in [-0.4, -0.2) is 50.3 Å². The summed E-state index contributed by atoms with van der Waals surface area (Å²) in [5.74, 6) is 0.473. The van der Waals surface area contributed by atoms with Crippen LogP contribution in [0.4, 0.5) is 0 Å². The molecule has 1 fully saturated rings. The fraction of sp³-hybridized carbons (Fsp3) is 0.364. The first kappa shape index (κ1) is 23.1. The Morgan fingerprint density at radius 3 is 2.59 bits per heavy atom. The van der Waals surface area contributed by atoms with E-state index in [-0.39, 0.29) is 24.0 Å². The number of hydrogen-bond acceptors (Lipinski definition) is 4. The normalized spacial score (nSPS) is 14.7. The Labute approximate surface area is 189 Å². The molecule has 29 heavy (non-hydrogen) atoms. The third kappa shape index (κ3) is 7.31. The minimum absolute atomic E-state index is 0. The highest BCUT2D eigenvalue weighted by Gasteiger charge is 2.09. The van der Waals surface area contributed by atoms with Gasteiger partial charge in [0.15, 0.2) is 5.96 Å². The quantitative estimate of drug-likeness (QED) is 0.262. The number of hydrogen-bond donors (Lipinski definition) is 2. The van der Waals surface area contributed by atoms with Gasteiger partial charge < -0.3 is 15.8 Å². The summed E-state index contributed by atoms with van der Waals surface area (Å²) >= 11 is 0. The molecular weight excluding hydrogens is 477 g/mol. The topological polar surface area (TPSA) is 86.7 Å². The van der Waals surface area contributed by atoms with Crippen LogP contribution in [0.2, 0.25) is 0 Å². The van der Waals surface area contributed by atoms with Crippen LogP contribution in [0, 0.1) is 11.3 Å². The summed E-state index contributed by atoms with van der Waals surface area (Å²) in [6.07, 6.45) is 1.03. The van der Waals surface area contributed by atoms with E-state index >= 15 is 0 Å². The standard InChI is InChI=1S/C22H27N5O.HI/c23-16-20-4-1-2-5-21(20)19-8-6-18(7-9-19)17-26-22(24)25-10-3-11-27-12-14-28-15-13-27;/h1-2,4-9H,3,10-15,17H2,(H3,24,25,26);1H. The van der Waals surface area contributed by atoms with Crippen molar-refractivity contribution in [1.29, 1.82) is 5.26 Å². The molecular formula is C22H28IN5O. The molecule has 0 aliphatic carbocycles. The summed E-state index contributed by atoms with van der Waals surface area (Å²) in [5.41, 5.74) is 9.70. The van der Waals surface area contributed by atoms with Crippen LogP contribution in [0.15, 0.2) is 53.5 Å². The van der Waals surface area contributed by atoms with E-state index < -0.39 is 0 Å². The molecule has 1 heterocycles. The molecule has 2 aromatic rings. The number of halogens is 1. The maximum atomic E-state index is 9.25. The van der Waals surface area contributed by atoms with Gasteiger partial charge in [0.05, 0.1) is 31.4 Å². The summed E-state index contributed by atoms with van der Waals surface area (Å²) in [6, 6.07) is 17.9. The van der Waals surface area contributed by atoms with Crippen molar-refractivity contribution >= 4 is 29.9 Å². The second-order valence-electron chi connectivity index (χ2n) is 6.79. The number of nitriles is 1. The van der Waals surface area contributed by atoms with Gasteiger partial charge in [0.2, 0.25) is 0 Å². The molecule has 0 spiro atoms. The number of nitrogens with two attached hydrogens (primary N) is 1. The molecule has 0 bridgehead atoms. The minimum atomic E-state index is 0. The van der Waals surface area contributed by atoms with Crippen molar-refractivity contribution in [1.82, 2.24) is 10.2 Å². The highest BCUT2D eigenvalue weighted by molar-refractivity contribution is 14.0. The average Bonchev–Trinajstić information content (AvgIpc) is 2.76. The van der Waals surface area contributed by atoms with Crippen molar-refractivity contribution in [2.45, 2.75) is 13.0 Å². The van der Waals surface area contributed by atoms with E-state index in [4.69, 9.17) is 10.5 Å². The van der Waals surface area contributed by atoms with Crippen LogP contribution >= 0.6 is 24.0 Å². The van der Waals surface area contributed by atoms with E-state index in [0.29, 0.717) is 18.1 Å². The van der Waals surface area contributed by atoms with Gasteiger partial charge in [-0.3, -0.25) is 4.90 Å². The van der Waals surface area contributed by atoms with E-state index in [9.17, 15) is 5.26 Å². The second-order valence-corrected chi connectivity index (χ2v) is 6.79. The van der Waals surface area contributed by atoms with E-state index in [1.54, 1.807) is 0 Å². The predicted molar refractivity (Wildman–Crippen MR) is 127 cm³/mol. The van der Waals surface area contributed by atoms with E-state index in [1.807, 2.05) is 48.5 Å². The molecule has 3 N–H and O–H groups in total. The van der Waals surface area contributed by atoms with Crippen molar-refractivity contribution < 1.29 is 4.74 Å². The molecule has 0 radical (unpaired) electrons. The third-order valence-electron chi connectivity index (χ3n) is 4.81. The van der Waals surface area contributed by atoms with E-state index in [1.165, 1.54) is 0 Å². The zero-order chi connectivity index (χ0) is 19.6. The number of aliphatic imine (C=N–C) groups is 1. The number of ether oxygens (including phenoxy) is 1. The summed E-state index contributed by atoms with van der Waals surface area (Å²) in [5, 5.41) is 12.4. The van der Waals surface area contributed by atoms with Crippen LogP contribution in [0.3, 0.4) is 0 Å². The average molecular weight is 505 g/mol. The first-order chi connectivity index (χ1) is 13.8. The van der Waals surface area contributed by atoms with Crippen LogP contribution in [0.1, 0.15) is 17.5 Å². The maximum Gasteiger partial charge on any atom is 0.188 e. The van der Waals surface area contributed by atoms with Gasteiger partial charge in [-0.15, -0.1) is 24.0 Å². The minimum Gasteiger partial charge on any atom is -0.379 e. The fourth-order valence-electron chi connectivity index (χ4n) is 3.20. The lowest BCUT2D eigenvalue weighted by atomic mass is 9.99. The number of rotatable bonds is 7. The van der Waals surface area contributed by atoms with Crippen molar-refractivity contribution in [3.05, 3.63) is 59.7 Å². The second kappa shape index (κ2) is 12.4. The number of nitrogens with zero attached hydrogens (tertiary/aromatic N) is 3. The lowest BCUT2D eigenvalue weighted by molar-refractivity contribution is 0.0376. The molecule has 1 aliphatic rings. The van der Waals surface area contributed by atoms with Gasteiger partial charge in [0, 0.05) is 19.6 Å². The number of morpholine rings is 1. The summed E-state index contributed by atoms with van der Waals surface area (Å²) < 4.78 is 5.35.